The summed E-state index contributed by atoms with van der Waals surface area (Å²) in [5.74, 6) is -0.218. The molecule has 8 nitrogen and oxygen atoms in total. The predicted octanol–water partition coefficient (Wildman–Crippen LogP) is 13.1. The number of nitrogens with one attached hydrogen (secondary N) is 1. The van der Waals surface area contributed by atoms with Gasteiger partial charge in [0.05, 0.1) is 25.4 Å². The van der Waals surface area contributed by atoms with Crippen molar-refractivity contribution in [2.75, 3.05) is 19.8 Å². The molecule has 0 radical (unpaired) electrons. The summed E-state index contributed by atoms with van der Waals surface area (Å²) in [7, 11) is -4.34. The van der Waals surface area contributed by atoms with Crippen LogP contribution < -0.4 is 11.1 Å². The molecule has 3 atom stereocenters. The molecule has 0 aromatic carbocycles. The molecule has 0 bridgehead atoms. The molecule has 0 saturated heterocycles. The second-order valence-corrected chi connectivity index (χ2v) is 16.7. The molecule has 3 unspecified atom stereocenters. The number of hydrogen-bond donors (Lipinski definition) is 4. The lowest BCUT2D eigenvalue weighted by atomic mass is 10.0. The van der Waals surface area contributed by atoms with Crippen molar-refractivity contribution >= 4 is 13.7 Å². The summed E-state index contributed by atoms with van der Waals surface area (Å²) in [6.45, 7) is 4.05. The lowest BCUT2D eigenvalue weighted by Gasteiger charge is -2.25. The molecule has 5 N–H and O–H groups in total. The van der Waals surface area contributed by atoms with Gasteiger partial charge in [-0.05, 0) is 51.4 Å². The third kappa shape index (κ3) is 40.4. The number of phosphoric ester groups is 1. The lowest BCUT2D eigenvalue weighted by molar-refractivity contribution is -0.123. The van der Waals surface area contributed by atoms with Crippen molar-refractivity contribution in [3.8, 4) is 0 Å². The molecule has 0 aromatic heterocycles. The third-order valence-corrected chi connectivity index (χ3v) is 10.9. The Morgan fingerprint density at radius 3 is 1.45 bits per heavy atom. The summed E-state index contributed by atoms with van der Waals surface area (Å²) < 4.78 is 22.2. The highest BCUT2D eigenvalue weighted by Gasteiger charge is 2.27. The van der Waals surface area contributed by atoms with Crippen LogP contribution in [0.4, 0.5) is 0 Å². The molecule has 0 rings (SSSR count). The van der Waals surface area contributed by atoms with Gasteiger partial charge in [-0.1, -0.05) is 203 Å². The van der Waals surface area contributed by atoms with Gasteiger partial charge < -0.3 is 21.1 Å². The highest BCUT2D eigenvalue weighted by molar-refractivity contribution is 7.47. The Morgan fingerprint density at radius 2 is 1.02 bits per heavy atom. The van der Waals surface area contributed by atoms with Crippen molar-refractivity contribution in [2.24, 2.45) is 5.73 Å². The highest BCUT2D eigenvalue weighted by atomic mass is 31.2. The first kappa shape index (κ1) is 54.2. The molecule has 9 heteroatoms. The minimum Gasteiger partial charge on any atom is -0.391 e. The second-order valence-electron chi connectivity index (χ2n) is 15.2. The van der Waals surface area contributed by atoms with Crippen molar-refractivity contribution in [3.05, 3.63) is 60.8 Å². The lowest BCUT2D eigenvalue weighted by Crippen LogP contribution is -2.46. The zero-order chi connectivity index (χ0) is 41.1. The fraction of sp³-hybridized carbons (Fsp3) is 0.766. The number of unbranched alkanes of at least 4 members (excludes halogenated alkanes) is 20. The summed E-state index contributed by atoms with van der Waals surface area (Å²) in [4.78, 5) is 22.7. The van der Waals surface area contributed by atoms with Crippen LogP contribution in [0.2, 0.25) is 0 Å². The van der Waals surface area contributed by atoms with E-state index < -0.39 is 20.0 Å². The van der Waals surface area contributed by atoms with Crippen LogP contribution in [-0.4, -0.2) is 47.8 Å². The van der Waals surface area contributed by atoms with Gasteiger partial charge in [0.2, 0.25) is 5.91 Å². The smallest absolute Gasteiger partial charge is 0.391 e. The number of aliphatic hydroxyl groups excluding tert-OH is 1. The van der Waals surface area contributed by atoms with Crippen LogP contribution in [0.1, 0.15) is 200 Å². The van der Waals surface area contributed by atoms with E-state index in [2.05, 4.69) is 79.9 Å². The Labute approximate surface area is 344 Å². The number of aliphatic hydroxyl groups is 1. The molecule has 0 saturated carbocycles. The van der Waals surface area contributed by atoms with Gasteiger partial charge in [0.25, 0.3) is 0 Å². The zero-order valence-electron chi connectivity index (χ0n) is 36.1. The van der Waals surface area contributed by atoms with E-state index >= 15 is 0 Å². The van der Waals surface area contributed by atoms with Crippen molar-refractivity contribution in [3.63, 3.8) is 0 Å². The zero-order valence-corrected chi connectivity index (χ0v) is 37.0. The minimum atomic E-state index is -4.34. The number of amides is 1. The van der Waals surface area contributed by atoms with Gasteiger partial charge in [0.1, 0.15) is 0 Å². The molecular formula is C47H87N2O6P. The summed E-state index contributed by atoms with van der Waals surface area (Å²) in [6, 6.07) is -0.807. The topological polar surface area (TPSA) is 131 Å². The van der Waals surface area contributed by atoms with E-state index in [0.29, 0.717) is 12.8 Å². The Balaban J connectivity index is 4.21. The van der Waals surface area contributed by atoms with E-state index in [-0.39, 0.29) is 32.1 Å². The Kier molecular flexibility index (Phi) is 41.4. The molecule has 1 amide bonds. The average molecular weight is 807 g/mol. The van der Waals surface area contributed by atoms with Crippen molar-refractivity contribution in [1.29, 1.82) is 0 Å². The van der Waals surface area contributed by atoms with Crippen LogP contribution >= 0.6 is 7.82 Å². The van der Waals surface area contributed by atoms with Crippen LogP contribution in [0.15, 0.2) is 60.8 Å². The largest absolute Gasteiger partial charge is 0.472 e. The van der Waals surface area contributed by atoms with E-state index in [4.69, 9.17) is 14.8 Å². The predicted molar refractivity (Wildman–Crippen MR) is 240 cm³/mol. The molecule has 0 heterocycles. The van der Waals surface area contributed by atoms with Gasteiger partial charge in [-0.25, -0.2) is 4.57 Å². The number of nitrogens with two attached hydrogens (primary N) is 1. The number of phosphoric acid groups is 1. The quantitative estimate of drug-likeness (QED) is 0.0274. The molecule has 0 aromatic rings. The fourth-order valence-corrected chi connectivity index (χ4v) is 7.23. The van der Waals surface area contributed by atoms with Crippen molar-refractivity contribution in [1.82, 2.24) is 5.32 Å². The molecule has 0 aliphatic rings. The molecular weight excluding hydrogens is 719 g/mol. The summed E-state index contributed by atoms with van der Waals surface area (Å²) in [5, 5.41) is 13.8. The first-order chi connectivity index (χ1) is 27.4. The van der Waals surface area contributed by atoms with Gasteiger partial charge in [0.15, 0.2) is 0 Å². The Hall–Kier alpha value is -1.80. The fourth-order valence-electron chi connectivity index (χ4n) is 6.47. The van der Waals surface area contributed by atoms with E-state index in [1.54, 1.807) is 0 Å². The number of rotatable bonds is 42. The number of carbonyl (C=O) groups is 1. The maximum atomic E-state index is 12.8. The normalized spacial score (nSPS) is 14.6. The van der Waals surface area contributed by atoms with Crippen LogP contribution in [0.25, 0.3) is 0 Å². The summed E-state index contributed by atoms with van der Waals surface area (Å²) >= 11 is 0. The van der Waals surface area contributed by atoms with E-state index in [1.807, 2.05) is 0 Å². The number of hydrogen-bond acceptors (Lipinski definition) is 6. The van der Waals surface area contributed by atoms with Gasteiger partial charge in [-0.3, -0.25) is 13.8 Å². The van der Waals surface area contributed by atoms with E-state index in [9.17, 15) is 19.4 Å². The SMILES string of the molecule is CC/C=C\C/C=C\C/C=C\C/C=C\C/C=C\CCCC(=O)NC(COP(=O)(O)OCCN)C(O)CCCCCCCCCCCCCCCCCCCCCC. The molecule has 0 aliphatic heterocycles. The summed E-state index contributed by atoms with van der Waals surface area (Å²) in [5.41, 5.74) is 5.38. The molecule has 326 valence electrons. The highest BCUT2D eigenvalue weighted by Crippen LogP contribution is 2.43. The second kappa shape index (κ2) is 42.8. The van der Waals surface area contributed by atoms with Gasteiger partial charge in [0, 0.05) is 13.0 Å². The number of carbonyl (C=O) groups excluding carboxylic acids is 1. The molecule has 0 fully saturated rings. The molecule has 0 aliphatic carbocycles. The third-order valence-electron chi connectivity index (χ3n) is 9.89. The van der Waals surface area contributed by atoms with Crippen LogP contribution in [0.3, 0.4) is 0 Å². The van der Waals surface area contributed by atoms with Gasteiger partial charge in [-0.2, -0.15) is 0 Å². The van der Waals surface area contributed by atoms with E-state index in [1.165, 1.54) is 109 Å². The van der Waals surface area contributed by atoms with Gasteiger partial charge >= 0.3 is 7.82 Å². The summed E-state index contributed by atoms with van der Waals surface area (Å²) in [6.07, 6.45) is 53.9. The number of allylic oxidation sites excluding steroid dienone is 10. The van der Waals surface area contributed by atoms with Crippen LogP contribution in [-0.2, 0) is 18.4 Å². The monoisotopic (exact) mass is 807 g/mol. The molecule has 0 spiro atoms. The standard InChI is InChI=1S/C47H87N2O6P/c1-3-5-7-9-11-13-15-17-19-21-22-23-25-26-28-30-32-34-36-38-40-46(50)45(44-55-56(52,53)54-43-42-48)49-47(51)41-39-37-35-33-31-29-27-24-20-18-16-14-12-10-8-6-4-2/h6,8,12,14,18,20,27,29,33,35,45-46,50H,3-5,7,9-11,13,15-17,19,21-26,28,30-32,34,36-44,48H2,1-2H3,(H,49,51)(H,52,53)/b8-6-,14-12-,20-18-,29-27-,35-33-. The average Bonchev–Trinajstić information content (AvgIpc) is 3.19. The van der Waals surface area contributed by atoms with E-state index in [0.717, 1.165) is 57.8 Å². The Bertz CT molecular complexity index is 1060. The van der Waals surface area contributed by atoms with Gasteiger partial charge in [-0.15, -0.1) is 0 Å². The first-order valence-electron chi connectivity index (χ1n) is 22.9. The van der Waals surface area contributed by atoms with Crippen molar-refractivity contribution in [2.45, 2.75) is 212 Å². The van der Waals surface area contributed by atoms with Crippen LogP contribution in [0.5, 0.6) is 0 Å². The molecule has 56 heavy (non-hydrogen) atoms. The minimum absolute atomic E-state index is 0.0774. The Morgan fingerprint density at radius 1 is 0.607 bits per heavy atom. The van der Waals surface area contributed by atoms with Crippen molar-refractivity contribution < 1.29 is 28.4 Å². The van der Waals surface area contributed by atoms with Crippen LogP contribution in [0, 0.1) is 0 Å². The maximum Gasteiger partial charge on any atom is 0.472 e. The first-order valence-corrected chi connectivity index (χ1v) is 24.4. The maximum absolute atomic E-state index is 12.8.